The molecule has 1 saturated heterocycles. The Morgan fingerprint density at radius 1 is 1.06 bits per heavy atom. The summed E-state index contributed by atoms with van der Waals surface area (Å²) in [5, 5.41) is 3.57. The van der Waals surface area contributed by atoms with Crippen LogP contribution in [0.5, 0.6) is 0 Å². The molecule has 0 radical (unpaired) electrons. The molecule has 2 unspecified atom stereocenters. The van der Waals surface area contributed by atoms with Crippen molar-refractivity contribution in [3.05, 3.63) is 0 Å². The average Bonchev–Trinajstić information content (AvgIpc) is 2.84. The third-order valence-electron chi connectivity index (χ3n) is 5.26. The summed E-state index contributed by atoms with van der Waals surface area (Å²) >= 11 is 0. The number of hydrogen-bond acceptors (Lipinski definition) is 5. The van der Waals surface area contributed by atoms with Gasteiger partial charge in [0.25, 0.3) is 0 Å². The highest BCUT2D eigenvalue weighted by molar-refractivity contribution is 5.68. The summed E-state index contributed by atoms with van der Waals surface area (Å²) in [6, 6.07) is 0.485. The summed E-state index contributed by atoms with van der Waals surface area (Å²) in [6.07, 6.45) is 5.69. The van der Waals surface area contributed by atoms with Crippen molar-refractivity contribution in [2.24, 2.45) is 0 Å². The average molecular weight is 442 g/mol. The summed E-state index contributed by atoms with van der Waals surface area (Å²) in [5.74, 6) is 0. The van der Waals surface area contributed by atoms with Gasteiger partial charge in [0.05, 0.1) is 0 Å². The molecule has 1 rings (SSSR count). The maximum atomic E-state index is 12.7. The van der Waals surface area contributed by atoms with Crippen LogP contribution >= 0.6 is 0 Å². The fourth-order valence-electron chi connectivity index (χ4n) is 3.80. The molecule has 182 valence electrons. The number of rotatable bonds is 8. The monoisotopic (exact) mass is 441 g/mol. The van der Waals surface area contributed by atoms with Crippen molar-refractivity contribution in [1.29, 1.82) is 0 Å². The number of nitrogens with one attached hydrogen (secondary N) is 1. The first-order chi connectivity index (χ1) is 14.3. The zero-order valence-corrected chi connectivity index (χ0v) is 21.3. The number of carbonyl (C=O) groups is 2. The van der Waals surface area contributed by atoms with E-state index >= 15 is 0 Å². The van der Waals surface area contributed by atoms with Crippen molar-refractivity contribution < 1.29 is 19.1 Å². The van der Waals surface area contributed by atoms with Crippen LogP contribution in [0.15, 0.2) is 0 Å². The quantitative estimate of drug-likeness (QED) is 0.525. The first-order valence-corrected chi connectivity index (χ1v) is 12.0. The Morgan fingerprint density at radius 3 is 2.29 bits per heavy atom. The molecule has 1 N–H and O–H groups in total. The van der Waals surface area contributed by atoms with E-state index in [-0.39, 0.29) is 24.3 Å². The lowest BCUT2D eigenvalue weighted by Crippen LogP contribution is -2.46. The molecule has 0 spiro atoms. The SMILES string of the molecule is CCN(CCCNC(C)CC1CCCCCN1C(=O)OC(C)(C)C)C(=O)OC(C)(C)C. The number of nitrogens with zero attached hydrogens (tertiary/aromatic N) is 2. The lowest BCUT2D eigenvalue weighted by molar-refractivity contribution is 0.0150. The van der Waals surface area contributed by atoms with Gasteiger partial charge in [-0.05, 0) is 87.6 Å². The van der Waals surface area contributed by atoms with Crippen LogP contribution in [0, 0.1) is 0 Å². The number of ether oxygens (including phenoxy) is 2. The topological polar surface area (TPSA) is 71.1 Å². The minimum atomic E-state index is -0.476. The van der Waals surface area contributed by atoms with Gasteiger partial charge in [0, 0.05) is 31.7 Å². The molecule has 1 heterocycles. The van der Waals surface area contributed by atoms with E-state index in [2.05, 4.69) is 12.2 Å². The van der Waals surface area contributed by atoms with Gasteiger partial charge in [-0.3, -0.25) is 0 Å². The van der Waals surface area contributed by atoms with E-state index in [1.54, 1.807) is 4.90 Å². The Balaban J connectivity index is 2.49. The van der Waals surface area contributed by atoms with Crippen molar-refractivity contribution in [3.63, 3.8) is 0 Å². The predicted molar refractivity (Wildman–Crippen MR) is 125 cm³/mol. The van der Waals surface area contributed by atoms with Crippen LogP contribution in [-0.2, 0) is 9.47 Å². The molecule has 0 aromatic heterocycles. The van der Waals surface area contributed by atoms with Crippen molar-refractivity contribution in [1.82, 2.24) is 15.1 Å². The van der Waals surface area contributed by atoms with Gasteiger partial charge < -0.3 is 24.6 Å². The zero-order chi connectivity index (χ0) is 23.7. The summed E-state index contributed by atoms with van der Waals surface area (Å²) in [5.41, 5.74) is -0.951. The van der Waals surface area contributed by atoms with E-state index in [1.165, 1.54) is 0 Å². The number of amides is 2. The Hall–Kier alpha value is -1.50. The van der Waals surface area contributed by atoms with Crippen molar-refractivity contribution in [2.75, 3.05) is 26.2 Å². The molecule has 31 heavy (non-hydrogen) atoms. The first kappa shape index (κ1) is 27.5. The minimum Gasteiger partial charge on any atom is -0.444 e. The second-order valence-electron chi connectivity index (χ2n) is 10.7. The highest BCUT2D eigenvalue weighted by Crippen LogP contribution is 2.23. The van der Waals surface area contributed by atoms with Crippen LogP contribution in [0.2, 0.25) is 0 Å². The minimum absolute atomic E-state index is 0.192. The van der Waals surface area contributed by atoms with Gasteiger partial charge in [0.15, 0.2) is 0 Å². The molecular formula is C24H47N3O4. The Kier molecular flexibility index (Phi) is 11.1. The zero-order valence-electron chi connectivity index (χ0n) is 21.3. The molecule has 1 aliphatic rings. The Morgan fingerprint density at radius 2 is 1.71 bits per heavy atom. The van der Waals surface area contributed by atoms with Gasteiger partial charge in [-0.1, -0.05) is 12.8 Å². The van der Waals surface area contributed by atoms with Crippen LogP contribution in [0.1, 0.15) is 93.9 Å². The van der Waals surface area contributed by atoms with Gasteiger partial charge in [-0.25, -0.2) is 9.59 Å². The summed E-state index contributed by atoms with van der Waals surface area (Å²) in [6.45, 7) is 18.4. The van der Waals surface area contributed by atoms with Crippen molar-refractivity contribution in [3.8, 4) is 0 Å². The molecule has 1 fully saturated rings. The highest BCUT2D eigenvalue weighted by atomic mass is 16.6. The molecule has 0 aromatic rings. The van der Waals surface area contributed by atoms with Crippen LogP contribution in [0.4, 0.5) is 9.59 Å². The van der Waals surface area contributed by atoms with E-state index < -0.39 is 11.2 Å². The largest absolute Gasteiger partial charge is 0.444 e. The Labute approximate surface area is 190 Å². The number of hydrogen-bond donors (Lipinski definition) is 1. The van der Waals surface area contributed by atoms with Gasteiger partial charge in [-0.15, -0.1) is 0 Å². The molecule has 0 aliphatic carbocycles. The highest BCUT2D eigenvalue weighted by Gasteiger charge is 2.30. The summed E-state index contributed by atoms with van der Waals surface area (Å²) in [4.78, 5) is 28.7. The van der Waals surface area contributed by atoms with Crippen LogP contribution in [0.3, 0.4) is 0 Å². The fourth-order valence-corrected chi connectivity index (χ4v) is 3.80. The van der Waals surface area contributed by atoms with Crippen LogP contribution in [-0.4, -0.2) is 71.5 Å². The summed E-state index contributed by atoms with van der Waals surface area (Å²) < 4.78 is 11.1. The molecule has 0 saturated carbocycles. The van der Waals surface area contributed by atoms with E-state index in [0.717, 1.165) is 51.6 Å². The standard InChI is InChI=1S/C24H47N3O4/c1-9-26(21(28)30-23(3,4)5)16-13-15-25-19(2)18-20-14-11-10-12-17-27(20)22(29)31-24(6,7)8/h19-20,25H,9-18H2,1-8H3. The maximum absolute atomic E-state index is 12.7. The molecular weight excluding hydrogens is 394 g/mol. The maximum Gasteiger partial charge on any atom is 0.410 e. The molecule has 1 aliphatic heterocycles. The van der Waals surface area contributed by atoms with E-state index in [9.17, 15) is 9.59 Å². The third-order valence-corrected chi connectivity index (χ3v) is 5.26. The lowest BCUT2D eigenvalue weighted by atomic mass is 10.0. The van der Waals surface area contributed by atoms with Crippen LogP contribution < -0.4 is 5.32 Å². The number of likely N-dealkylation sites (tertiary alicyclic amines) is 1. The van der Waals surface area contributed by atoms with Crippen LogP contribution in [0.25, 0.3) is 0 Å². The van der Waals surface area contributed by atoms with Gasteiger partial charge >= 0.3 is 12.2 Å². The fraction of sp³-hybridized carbons (Fsp3) is 0.917. The second kappa shape index (κ2) is 12.5. The first-order valence-electron chi connectivity index (χ1n) is 12.0. The van der Waals surface area contributed by atoms with E-state index in [1.807, 2.05) is 53.4 Å². The second-order valence-corrected chi connectivity index (χ2v) is 10.7. The smallest absolute Gasteiger partial charge is 0.410 e. The third kappa shape index (κ3) is 11.6. The normalized spacial score (nSPS) is 18.8. The molecule has 0 bridgehead atoms. The van der Waals surface area contributed by atoms with E-state index in [0.29, 0.717) is 13.1 Å². The predicted octanol–water partition coefficient (Wildman–Crippen LogP) is 5.18. The summed E-state index contributed by atoms with van der Waals surface area (Å²) in [7, 11) is 0. The molecule has 7 nitrogen and oxygen atoms in total. The van der Waals surface area contributed by atoms with Gasteiger partial charge in [-0.2, -0.15) is 0 Å². The number of carbonyl (C=O) groups excluding carboxylic acids is 2. The molecule has 2 amide bonds. The lowest BCUT2D eigenvalue weighted by Gasteiger charge is -2.34. The van der Waals surface area contributed by atoms with Gasteiger partial charge in [0.2, 0.25) is 0 Å². The van der Waals surface area contributed by atoms with Crippen molar-refractivity contribution >= 4 is 12.2 Å². The van der Waals surface area contributed by atoms with E-state index in [4.69, 9.17) is 9.47 Å². The van der Waals surface area contributed by atoms with Crippen molar-refractivity contribution in [2.45, 2.75) is 117 Å². The molecule has 2 atom stereocenters. The molecule has 7 heteroatoms. The Bertz CT molecular complexity index is 554. The molecule has 0 aromatic carbocycles. The van der Waals surface area contributed by atoms with Gasteiger partial charge in [0.1, 0.15) is 11.2 Å².